The third kappa shape index (κ3) is 2.52. The first kappa shape index (κ1) is 14.4. The normalized spacial score (nSPS) is 16.1. The highest BCUT2D eigenvalue weighted by molar-refractivity contribution is 5.77. The summed E-state index contributed by atoms with van der Waals surface area (Å²) in [4.78, 5) is 4.26. The molecule has 1 aliphatic heterocycles. The Morgan fingerprint density at radius 3 is 2.54 bits per heavy atom. The SMILES string of the molecule is COc1ccc(C2=C[C@@H](c3ccc(F)cc3)n3ncnc3N2)cc1. The summed E-state index contributed by atoms with van der Waals surface area (Å²) in [6, 6.07) is 14.0. The number of nitrogens with one attached hydrogen (secondary N) is 1. The second-order valence-corrected chi connectivity index (χ2v) is 5.46. The molecular formula is C18H15FN4O. The smallest absolute Gasteiger partial charge is 0.226 e. The first-order chi connectivity index (χ1) is 11.7. The fourth-order valence-corrected chi connectivity index (χ4v) is 2.77. The van der Waals surface area contributed by atoms with E-state index in [4.69, 9.17) is 4.74 Å². The number of methoxy groups -OCH3 is 1. The van der Waals surface area contributed by atoms with Crippen molar-refractivity contribution in [2.45, 2.75) is 6.04 Å². The van der Waals surface area contributed by atoms with Gasteiger partial charge in [-0.2, -0.15) is 10.1 Å². The molecule has 1 aliphatic rings. The molecule has 1 N–H and O–H groups in total. The molecule has 120 valence electrons. The Balaban J connectivity index is 1.76. The molecule has 0 fully saturated rings. The molecule has 4 rings (SSSR count). The number of benzene rings is 2. The lowest BCUT2D eigenvalue weighted by molar-refractivity contribution is 0.415. The summed E-state index contributed by atoms with van der Waals surface area (Å²) in [6.45, 7) is 0. The van der Waals surface area contributed by atoms with E-state index in [1.165, 1.54) is 18.5 Å². The van der Waals surface area contributed by atoms with Crippen molar-refractivity contribution >= 4 is 11.6 Å². The molecule has 1 atom stereocenters. The van der Waals surface area contributed by atoms with Crippen LogP contribution in [0.4, 0.5) is 10.3 Å². The highest BCUT2D eigenvalue weighted by atomic mass is 19.1. The second-order valence-electron chi connectivity index (χ2n) is 5.46. The second kappa shape index (κ2) is 5.81. The van der Waals surface area contributed by atoms with Crippen LogP contribution < -0.4 is 10.1 Å². The molecule has 0 saturated carbocycles. The van der Waals surface area contributed by atoms with Crippen molar-refractivity contribution in [3.8, 4) is 5.75 Å². The largest absolute Gasteiger partial charge is 0.497 e. The van der Waals surface area contributed by atoms with E-state index in [0.29, 0.717) is 5.95 Å². The van der Waals surface area contributed by atoms with E-state index in [1.807, 2.05) is 24.3 Å². The van der Waals surface area contributed by atoms with Crippen molar-refractivity contribution in [2.75, 3.05) is 12.4 Å². The third-order valence-corrected chi connectivity index (χ3v) is 4.02. The number of anilines is 1. The number of halogens is 1. The minimum absolute atomic E-state index is 0.151. The zero-order valence-corrected chi connectivity index (χ0v) is 13.0. The lowest BCUT2D eigenvalue weighted by Gasteiger charge is -2.24. The number of fused-ring (bicyclic) bond motifs is 1. The van der Waals surface area contributed by atoms with Crippen LogP contribution in [0.25, 0.3) is 5.70 Å². The van der Waals surface area contributed by atoms with Crippen LogP contribution in [-0.4, -0.2) is 21.9 Å². The average molecular weight is 322 g/mol. The molecule has 3 aromatic rings. The van der Waals surface area contributed by atoms with E-state index in [0.717, 1.165) is 22.6 Å². The molecule has 24 heavy (non-hydrogen) atoms. The van der Waals surface area contributed by atoms with Gasteiger partial charge >= 0.3 is 0 Å². The first-order valence-electron chi connectivity index (χ1n) is 7.53. The van der Waals surface area contributed by atoms with Gasteiger partial charge in [-0.1, -0.05) is 12.1 Å². The number of aromatic nitrogens is 3. The molecular weight excluding hydrogens is 307 g/mol. The minimum atomic E-state index is -0.258. The van der Waals surface area contributed by atoms with E-state index >= 15 is 0 Å². The maximum absolute atomic E-state index is 13.2. The summed E-state index contributed by atoms with van der Waals surface area (Å²) in [7, 11) is 1.64. The van der Waals surface area contributed by atoms with Crippen molar-refractivity contribution in [3.63, 3.8) is 0 Å². The summed E-state index contributed by atoms with van der Waals surface area (Å²) in [5.41, 5.74) is 2.88. The number of ether oxygens (including phenoxy) is 1. The number of allylic oxidation sites excluding steroid dienone is 1. The highest BCUT2D eigenvalue weighted by Gasteiger charge is 2.23. The molecule has 2 heterocycles. The van der Waals surface area contributed by atoms with Gasteiger partial charge in [0.05, 0.1) is 7.11 Å². The van der Waals surface area contributed by atoms with Crippen molar-refractivity contribution in [2.24, 2.45) is 0 Å². The maximum Gasteiger partial charge on any atom is 0.226 e. The van der Waals surface area contributed by atoms with E-state index in [9.17, 15) is 4.39 Å². The van der Waals surface area contributed by atoms with Gasteiger partial charge in [0.15, 0.2) is 0 Å². The summed E-state index contributed by atoms with van der Waals surface area (Å²) in [6.07, 6.45) is 3.56. The van der Waals surface area contributed by atoms with Gasteiger partial charge in [-0.3, -0.25) is 0 Å². The van der Waals surface area contributed by atoms with Gasteiger partial charge in [0.2, 0.25) is 5.95 Å². The fraction of sp³-hybridized carbons (Fsp3) is 0.111. The lowest BCUT2D eigenvalue weighted by Crippen LogP contribution is -2.20. The van der Waals surface area contributed by atoms with E-state index < -0.39 is 0 Å². The third-order valence-electron chi connectivity index (χ3n) is 4.02. The summed E-state index contributed by atoms with van der Waals surface area (Å²) in [5.74, 6) is 1.19. The predicted octanol–water partition coefficient (Wildman–Crippen LogP) is 3.48. The van der Waals surface area contributed by atoms with Crippen molar-refractivity contribution in [1.82, 2.24) is 14.8 Å². The number of hydrogen-bond acceptors (Lipinski definition) is 4. The monoisotopic (exact) mass is 322 g/mol. The van der Waals surface area contributed by atoms with Gasteiger partial charge in [0, 0.05) is 5.70 Å². The molecule has 2 aromatic carbocycles. The topological polar surface area (TPSA) is 52.0 Å². The van der Waals surface area contributed by atoms with Gasteiger partial charge in [-0.05, 0) is 53.6 Å². The van der Waals surface area contributed by atoms with Crippen molar-refractivity contribution in [3.05, 3.63) is 77.9 Å². The van der Waals surface area contributed by atoms with E-state index in [2.05, 4.69) is 21.5 Å². The van der Waals surface area contributed by atoms with Crippen LogP contribution in [0.1, 0.15) is 17.2 Å². The average Bonchev–Trinajstić information content (AvgIpc) is 3.10. The van der Waals surface area contributed by atoms with Gasteiger partial charge in [-0.15, -0.1) is 0 Å². The summed E-state index contributed by atoms with van der Waals surface area (Å²) >= 11 is 0. The Morgan fingerprint density at radius 2 is 1.83 bits per heavy atom. The molecule has 6 heteroatoms. The Kier molecular flexibility index (Phi) is 3.49. The highest BCUT2D eigenvalue weighted by Crippen LogP contribution is 2.32. The Bertz CT molecular complexity index is 884. The van der Waals surface area contributed by atoms with Gasteiger partial charge < -0.3 is 10.1 Å². The molecule has 0 aliphatic carbocycles. The Morgan fingerprint density at radius 1 is 1.08 bits per heavy atom. The van der Waals surface area contributed by atoms with Crippen LogP contribution in [0.2, 0.25) is 0 Å². The molecule has 0 saturated heterocycles. The first-order valence-corrected chi connectivity index (χ1v) is 7.53. The summed E-state index contributed by atoms with van der Waals surface area (Å²) in [5, 5.41) is 7.55. The molecule has 0 bridgehead atoms. The lowest BCUT2D eigenvalue weighted by atomic mass is 10.0. The van der Waals surface area contributed by atoms with Crippen LogP contribution in [0.5, 0.6) is 5.75 Å². The Labute approximate surface area is 138 Å². The quantitative estimate of drug-likeness (QED) is 0.802. The molecule has 1 aromatic heterocycles. The standard InChI is InChI=1S/C18H15FN4O/c1-24-15-8-4-12(5-9-15)16-10-17(13-2-6-14(19)7-3-13)23-18(22-16)20-11-21-23/h2-11,17H,1H3,(H,20,21,22)/t17-/m0/s1. The van der Waals surface area contributed by atoms with E-state index in [1.54, 1.807) is 23.9 Å². The van der Waals surface area contributed by atoms with Crippen molar-refractivity contribution in [1.29, 1.82) is 0 Å². The fourth-order valence-electron chi connectivity index (χ4n) is 2.77. The van der Waals surface area contributed by atoms with Crippen LogP contribution in [0, 0.1) is 5.82 Å². The van der Waals surface area contributed by atoms with Crippen LogP contribution >= 0.6 is 0 Å². The zero-order valence-electron chi connectivity index (χ0n) is 13.0. The molecule has 0 amide bonds. The maximum atomic E-state index is 13.2. The number of nitrogens with zero attached hydrogens (tertiary/aromatic N) is 3. The molecule has 5 nitrogen and oxygen atoms in total. The van der Waals surface area contributed by atoms with Gasteiger partial charge in [0.1, 0.15) is 23.9 Å². The van der Waals surface area contributed by atoms with Gasteiger partial charge in [0.25, 0.3) is 0 Å². The van der Waals surface area contributed by atoms with Crippen molar-refractivity contribution < 1.29 is 9.13 Å². The number of rotatable bonds is 3. The van der Waals surface area contributed by atoms with Crippen LogP contribution in [-0.2, 0) is 0 Å². The van der Waals surface area contributed by atoms with Gasteiger partial charge in [-0.25, -0.2) is 9.07 Å². The van der Waals surface area contributed by atoms with Crippen LogP contribution in [0.3, 0.4) is 0 Å². The summed E-state index contributed by atoms with van der Waals surface area (Å²) < 4.78 is 20.2. The minimum Gasteiger partial charge on any atom is -0.497 e. The van der Waals surface area contributed by atoms with Crippen LogP contribution in [0.15, 0.2) is 60.9 Å². The van der Waals surface area contributed by atoms with E-state index in [-0.39, 0.29) is 11.9 Å². The number of hydrogen-bond donors (Lipinski definition) is 1. The molecule has 0 radical (unpaired) electrons. The predicted molar refractivity (Wildman–Crippen MR) is 89.2 cm³/mol. The zero-order chi connectivity index (χ0) is 16.5. The Hall–Kier alpha value is -3.15. The molecule has 0 spiro atoms. The molecule has 0 unspecified atom stereocenters.